The highest BCUT2D eigenvalue weighted by atomic mass is 35.5. The maximum Gasteiger partial charge on any atom is 0.407 e. The summed E-state index contributed by atoms with van der Waals surface area (Å²) in [7, 11) is 0. The molecule has 2 N–H and O–H groups in total. The van der Waals surface area contributed by atoms with Crippen LogP contribution in [0.4, 0.5) is 4.79 Å². The number of amides is 1. The Hall–Kier alpha value is -2.61. The zero-order valence-electron chi connectivity index (χ0n) is 21.8. The molecular weight excluding hydrogens is 482 g/mol. The minimum atomic E-state index is -1.04. The lowest BCUT2D eigenvalue weighted by Gasteiger charge is -2.32. The molecule has 0 unspecified atom stereocenters. The monoisotopic (exact) mass is 519 g/mol. The van der Waals surface area contributed by atoms with Gasteiger partial charge in [0.1, 0.15) is 5.60 Å². The molecule has 198 valence electrons. The Morgan fingerprint density at radius 2 is 1.75 bits per heavy atom. The fourth-order valence-corrected chi connectivity index (χ4v) is 4.04. The third kappa shape index (κ3) is 9.80. The van der Waals surface area contributed by atoms with E-state index < -0.39 is 29.1 Å². The summed E-state index contributed by atoms with van der Waals surface area (Å²) in [5.74, 6) is -0.421. The molecular formula is C28H38ClNO6. The molecule has 0 aliphatic heterocycles. The molecule has 0 aliphatic carbocycles. The first-order valence-electron chi connectivity index (χ1n) is 12.2. The molecule has 0 saturated heterocycles. The average Bonchev–Trinajstić information content (AvgIpc) is 2.78. The normalized spacial score (nSPS) is 14.0. The first-order valence-corrected chi connectivity index (χ1v) is 12.5. The van der Waals surface area contributed by atoms with Crippen LogP contribution in [0.25, 0.3) is 11.1 Å². The van der Waals surface area contributed by atoms with Gasteiger partial charge in [0.2, 0.25) is 0 Å². The molecule has 8 heteroatoms. The number of esters is 1. The topological polar surface area (TPSA) is 94.1 Å². The van der Waals surface area contributed by atoms with Crippen molar-refractivity contribution in [3.8, 4) is 11.1 Å². The molecule has 0 aromatic heterocycles. The minimum absolute atomic E-state index is 0.0482. The van der Waals surface area contributed by atoms with Crippen LogP contribution in [0.2, 0.25) is 5.02 Å². The van der Waals surface area contributed by atoms with Crippen LogP contribution < -0.4 is 5.32 Å². The highest BCUT2D eigenvalue weighted by molar-refractivity contribution is 6.30. The van der Waals surface area contributed by atoms with Crippen LogP contribution in [-0.2, 0) is 25.4 Å². The summed E-state index contributed by atoms with van der Waals surface area (Å²) in [6.45, 7) is 9.09. The largest absolute Gasteiger partial charge is 0.466 e. The van der Waals surface area contributed by atoms with Crippen molar-refractivity contribution in [3.63, 3.8) is 0 Å². The van der Waals surface area contributed by atoms with E-state index in [2.05, 4.69) is 5.32 Å². The minimum Gasteiger partial charge on any atom is -0.466 e. The van der Waals surface area contributed by atoms with Gasteiger partial charge in [-0.15, -0.1) is 0 Å². The van der Waals surface area contributed by atoms with E-state index in [0.29, 0.717) is 11.4 Å². The number of halogens is 1. The van der Waals surface area contributed by atoms with Gasteiger partial charge in [0.25, 0.3) is 0 Å². The Bertz CT molecular complexity index is 988. The van der Waals surface area contributed by atoms with Gasteiger partial charge in [-0.05, 0) is 76.3 Å². The van der Waals surface area contributed by atoms with Crippen LogP contribution in [0.1, 0.15) is 46.6 Å². The molecule has 0 bridgehead atoms. The molecule has 0 aliphatic rings. The zero-order chi connectivity index (χ0) is 26.8. The number of hydrogen-bond donors (Lipinski definition) is 2. The molecule has 7 nitrogen and oxygen atoms in total. The maximum absolute atomic E-state index is 12.9. The van der Waals surface area contributed by atoms with Gasteiger partial charge in [-0.1, -0.05) is 48.0 Å². The van der Waals surface area contributed by atoms with Crippen LogP contribution in [0.5, 0.6) is 0 Å². The number of nitrogens with one attached hydrogen (secondary N) is 1. The van der Waals surface area contributed by atoms with E-state index >= 15 is 0 Å². The van der Waals surface area contributed by atoms with Gasteiger partial charge in [0.05, 0.1) is 31.8 Å². The van der Waals surface area contributed by atoms with E-state index in [4.69, 9.17) is 30.9 Å². The molecule has 0 radical (unpaired) electrons. The summed E-state index contributed by atoms with van der Waals surface area (Å²) in [5.41, 5.74) is 1.30. The maximum atomic E-state index is 12.9. The fourth-order valence-electron chi connectivity index (χ4n) is 3.85. The van der Waals surface area contributed by atoms with E-state index in [1.165, 1.54) is 0 Å². The van der Waals surface area contributed by atoms with Crippen molar-refractivity contribution in [2.45, 2.75) is 59.1 Å². The molecule has 2 rings (SSSR count). The first kappa shape index (κ1) is 29.6. The fraction of sp³-hybridized carbons (Fsp3) is 0.500. The van der Waals surface area contributed by atoms with Gasteiger partial charge in [0.15, 0.2) is 0 Å². The summed E-state index contributed by atoms with van der Waals surface area (Å²) in [6.07, 6.45) is 0.155. The molecule has 0 fully saturated rings. The highest BCUT2D eigenvalue weighted by Gasteiger charge is 2.38. The molecule has 0 heterocycles. The van der Waals surface area contributed by atoms with Crippen molar-refractivity contribution in [3.05, 3.63) is 59.1 Å². The number of aliphatic hydroxyl groups excluding tert-OH is 1. The van der Waals surface area contributed by atoms with Crippen molar-refractivity contribution < 1.29 is 28.9 Å². The van der Waals surface area contributed by atoms with Crippen molar-refractivity contribution in [2.75, 3.05) is 26.4 Å². The quantitative estimate of drug-likeness (QED) is 0.287. The number of carbonyl (C=O) groups is 2. The highest BCUT2D eigenvalue weighted by Crippen LogP contribution is 2.29. The van der Waals surface area contributed by atoms with Gasteiger partial charge >= 0.3 is 12.1 Å². The predicted molar refractivity (Wildman–Crippen MR) is 141 cm³/mol. The summed E-state index contributed by atoms with van der Waals surface area (Å²) in [6, 6.07) is 15.2. The average molecular weight is 520 g/mol. The number of carbonyl (C=O) groups excluding carboxylic acids is 2. The molecule has 2 atom stereocenters. The number of rotatable bonds is 12. The molecule has 1 amide bonds. The van der Waals surface area contributed by atoms with Gasteiger partial charge in [-0.25, -0.2) is 4.79 Å². The second-order valence-electron chi connectivity index (χ2n) is 10.0. The van der Waals surface area contributed by atoms with Gasteiger partial charge in [0, 0.05) is 11.1 Å². The van der Waals surface area contributed by atoms with Crippen LogP contribution in [-0.4, -0.2) is 55.2 Å². The van der Waals surface area contributed by atoms with Crippen LogP contribution in [0.15, 0.2) is 48.5 Å². The number of ether oxygens (including phenoxy) is 3. The standard InChI is InChI=1S/C28H38ClNO6/c1-6-35-25(32)28(5,19-34-15-14-31)18-24(30-26(33)36-27(2,3)4)16-20-10-12-21(13-11-20)22-8-7-9-23(29)17-22/h7-13,17,24,31H,6,14-16,18-19H2,1-5H3,(H,30,33)/t24-,28+/m1/s1. The van der Waals surface area contributed by atoms with Gasteiger partial charge in [-0.2, -0.15) is 0 Å². The SMILES string of the molecule is CCOC(=O)[C@](C)(COCCO)C[C@@H](Cc1ccc(-c2cccc(Cl)c2)cc1)NC(=O)OC(C)(C)C. The van der Waals surface area contributed by atoms with Crippen molar-refractivity contribution in [1.29, 1.82) is 0 Å². The van der Waals surface area contributed by atoms with Crippen molar-refractivity contribution in [2.24, 2.45) is 5.41 Å². The number of alkyl carbamates (subject to hydrolysis) is 1. The van der Waals surface area contributed by atoms with Crippen LogP contribution in [0, 0.1) is 5.41 Å². The Morgan fingerprint density at radius 3 is 2.33 bits per heavy atom. The molecule has 2 aromatic rings. The van der Waals surface area contributed by atoms with Crippen molar-refractivity contribution in [1.82, 2.24) is 5.32 Å². The molecule has 0 spiro atoms. The summed E-state index contributed by atoms with van der Waals surface area (Å²) >= 11 is 6.13. The van der Waals surface area contributed by atoms with E-state index in [-0.39, 0.29) is 32.8 Å². The van der Waals surface area contributed by atoms with E-state index in [1.54, 1.807) is 34.6 Å². The third-order valence-corrected chi connectivity index (χ3v) is 5.67. The second-order valence-corrected chi connectivity index (χ2v) is 10.5. The molecule has 0 saturated carbocycles. The molecule has 36 heavy (non-hydrogen) atoms. The Kier molecular flexibility index (Phi) is 11.2. The van der Waals surface area contributed by atoms with E-state index in [9.17, 15) is 9.59 Å². The van der Waals surface area contributed by atoms with Gasteiger partial charge in [-0.3, -0.25) is 4.79 Å². The number of benzene rings is 2. The van der Waals surface area contributed by atoms with Crippen LogP contribution in [0.3, 0.4) is 0 Å². The second kappa shape index (κ2) is 13.6. The lowest BCUT2D eigenvalue weighted by Crippen LogP contribution is -2.46. The number of hydrogen-bond acceptors (Lipinski definition) is 6. The summed E-state index contributed by atoms with van der Waals surface area (Å²) in [4.78, 5) is 25.5. The summed E-state index contributed by atoms with van der Waals surface area (Å²) in [5, 5.41) is 12.7. The first-order chi connectivity index (χ1) is 17.0. The molecule has 2 aromatic carbocycles. The Labute approximate surface area is 219 Å². The van der Waals surface area contributed by atoms with E-state index in [1.807, 2.05) is 48.5 Å². The summed E-state index contributed by atoms with van der Waals surface area (Å²) < 4.78 is 16.3. The third-order valence-electron chi connectivity index (χ3n) is 5.44. The predicted octanol–water partition coefficient (Wildman–Crippen LogP) is 5.41. The smallest absolute Gasteiger partial charge is 0.407 e. The van der Waals surface area contributed by atoms with Gasteiger partial charge < -0.3 is 24.6 Å². The zero-order valence-corrected chi connectivity index (χ0v) is 22.6. The lowest BCUT2D eigenvalue weighted by molar-refractivity contribution is -0.159. The lowest BCUT2D eigenvalue weighted by atomic mass is 9.82. The van der Waals surface area contributed by atoms with E-state index in [0.717, 1.165) is 16.7 Å². The Morgan fingerprint density at radius 1 is 1.06 bits per heavy atom. The van der Waals surface area contributed by atoms with Crippen molar-refractivity contribution >= 4 is 23.7 Å². The van der Waals surface area contributed by atoms with Crippen LogP contribution >= 0.6 is 11.6 Å². The number of aliphatic hydroxyl groups is 1. The Balaban J connectivity index is 2.27.